The summed E-state index contributed by atoms with van der Waals surface area (Å²) in [7, 11) is 2.33. The molecular formula is C70H81Cl2N7O26. The van der Waals surface area contributed by atoms with Gasteiger partial charge in [-0.1, -0.05) is 55.2 Å². The van der Waals surface area contributed by atoms with Crippen LogP contribution in [0.3, 0.4) is 0 Å². The molecule has 2 fully saturated rings. The van der Waals surface area contributed by atoms with Crippen molar-refractivity contribution in [2.45, 2.75) is 163 Å². The van der Waals surface area contributed by atoms with E-state index in [0.717, 1.165) is 54.5 Å². The van der Waals surface area contributed by atoms with E-state index >= 15 is 19.2 Å². The Morgan fingerprint density at radius 2 is 1.43 bits per heavy atom. The molecule has 7 heterocycles. The summed E-state index contributed by atoms with van der Waals surface area (Å²) in [6, 6.07) is 5.29. The number of likely N-dealkylation sites (N-methyl/N-ethyl adjacent to an activating group) is 1. The van der Waals surface area contributed by atoms with Gasteiger partial charge in [-0.15, -0.1) is 0 Å². The number of amides is 6. The van der Waals surface area contributed by atoms with Gasteiger partial charge in [-0.25, -0.2) is 9.59 Å². The van der Waals surface area contributed by atoms with Gasteiger partial charge >= 0.3 is 12.1 Å². The number of carboxylic acid groups (broad SMARTS) is 1. The second kappa shape index (κ2) is 32.5. The van der Waals surface area contributed by atoms with Gasteiger partial charge in [0.1, 0.15) is 77.3 Å². The summed E-state index contributed by atoms with van der Waals surface area (Å²) >= 11 is 14.2. The fourth-order valence-corrected chi connectivity index (χ4v) is 13.8. The molecule has 7 aliphatic heterocycles. The van der Waals surface area contributed by atoms with E-state index in [-0.39, 0.29) is 73.6 Å². The molecule has 9 unspecified atom stereocenters. The van der Waals surface area contributed by atoms with E-state index in [1.165, 1.54) is 57.3 Å². The number of carbonyl (C=O) groups excluding carboxylic acids is 8. The minimum Gasteiger partial charge on any atom is -0.508 e. The molecule has 105 heavy (non-hydrogen) atoms. The fourth-order valence-electron chi connectivity index (χ4n) is 13.3. The molecule has 5 aromatic carbocycles. The highest BCUT2D eigenvalue weighted by atomic mass is 35.5. The maximum Gasteiger partial charge on any atom is 0.409 e. The Morgan fingerprint density at radius 3 is 2.04 bits per heavy atom. The number of aliphatic hydroxyl groups excluding tert-OH is 5. The van der Waals surface area contributed by atoms with Crippen molar-refractivity contribution >= 4 is 76.4 Å². The number of carboxylic acids is 1. The number of aliphatic hydroxyl groups is 5. The molecule has 6 amide bonds. The normalized spacial score (nSPS) is 28.0. The number of primary amides is 1. The molecule has 7 aliphatic rings. The molecule has 0 aromatic heterocycles. The number of ether oxygens (including phenoxy) is 7. The Labute approximate surface area is 608 Å². The SMILES string of the molecule is COC(=O)N(C)[C@H](CC(C)C)C(=O)N[C@H]1C(=O)C[C@@H](CC(N)=O)C(=O)N[C@H]2C(=O)C[C@H]3C(=O)N[C@@H](Cc4ccc(c(Cl)c4)Oc4cc2cc(c4OC2OC(CO)C(O)C(O)C2OC2CC(C)(N)C(O)C(C)O2)Oc2ccc(cc2Cl)[C@H]1O)C(=O)N[C@H](C(=O)O)c1cc(O)cc(O)c1-c1cc3ccc1O.O. The topological polar surface area (TPSA) is 535 Å². The van der Waals surface area contributed by atoms with Gasteiger partial charge in [0.15, 0.2) is 41.5 Å². The Kier molecular flexibility index (Phi) is 24.6. The first-order valence-corrected chi connectivity index (χ1v) is 33.7. The highest BCUT2D eigenvalue weighted by Gasteiger charge is 2.51. The van der Waals surface area contributed by atoms with E-state index in [2.05, 4.69) is 21.3 Å². The summed E-state index contributed by atoms with van der Waals surface area (Å²) in [5.74, 6) is -18.3. The summed E-state index contributed by atoms with van der Waals surface area (Å²) in [5.41, 5.74) is 9.08. The number of methoxy groups -OCH3 is 1. The zero-order valence-corrected chi connectivity index (χ0v) is 58.7. The van der Waals surface area contributed by atoms with E-state index in [9.17, 15) is 69.9 Å². The molecule has 0 saturated carbocycles. The van der Waals surface area contributed by atoms with Crippen LogP contribution in [0.4, 0.5) is 4.79 Å². The largest absolute Gasteiger partial charge is 0.508 e. The van der Waals surface area contributed by atoms with E-state index in [1.54, 1.807) is 13.8 Å². The first-order valence-electron chi connectivity index (χ1n) is 32.9. The van der Waals surface area contributed by atoms with Crippen LogP contribution < -0.4 is 46.9 Å². The molecular weight excluding hydrogens is 1430 g/mol. The molecule has 0 aliphatic carbocycles. The number of aliphatic carboxylic acids is 1. The number of hydrogen-bond donors (Lipinski definition) is 15. The third-order valence-corrected chi connectivity index (χ3v) is 19.4. The van der Waals surface area contributed by atoms with Crippen molar-refractivity contribution in [3.8, 4) is 57.1 Å². The van der Waals surface area contributed by atoms with Gasteiger partial charge in [-0.05, 0) is 103 Å². The van der Waals surface area contributed by atoms with Crippen molar-refractivity contribution < 1.29 is 128 Å². The first-order chi connectivity index (χ1) is 49.1. The van der Waals surface area contributed by atoms with Crippen LogP contribution >= 0.6 is 23.2 Å². The summed E-state index contributed by atoms with van der Waals surface area (Å²) < 4.78 is 43.5. The van der Waals surface area contributed by atoms with Crippen molar-refractivity contribution in [2.75, 3.05) is 20.8 Å². The van der Waals surface area contributed by atoms with Crippen molar-refractivity contribution in [2.24, 2.45) is 23.3 Å². The third kappa shape index (κ3) is 17.3. The number of ketones is 2. The maximum atomic E-state index is 16.2. The van der Waals surface area contributed by atoms with Crippen LogP contribution in [0.25, 0.3) is 11.1 Å². The highest BCUT2D eigenvalue weighted by molar-refractivity contribution is 6.32. The van der Waals surface area contributed by atoms with Crippen molar-refractivity contribution in [3.63, 3.8) is 0 Å². The number of carbonyl (C=O) groups is 9. The summed E-state index contributed by atoms with van der Waals surface area (Å²) in [5, 5.41) is 112. The van der Waals surface area contributed by atoms with E-state index < -0.39 is 234 Å². The lowest BCUT2D eigenvalue weighted by atomic mass is 9.84. The number of Topliss-reactive ketones (excluding diaryl/α,β-unsaturated/α-hetero) is 2. The number of nitrogens with one attached hydrogen (secondary N) is 4. The van der Waals surface area contributed by atoms with Crippen molar-refractivity contribution in [3.05, 3.63) is 117 Å². The van der Waals surface area contributed by atoms with Gasteiger partial charge in [0.05, 0.1) is 47.8 Å². The summed E-state index contributed by atoms with van der Waals surface area (Å²) in [6.45, 7) is 5.54. The number of rotatable bonds is 13. The fraction of sp³-hybridized carbons (Fsp3) is 0.443. The molecule has 0 radical (unpaired) electrons. The van der Waals surface area contributed by atoms with Crippen LogP contribution in [0, 0.1) is 11.8 Å². The van der Waals surface area contributed by atoms with Gasteiger partial charge < -0.3 is 117 Å². The van der Waals surface area contributed by atoms with Crippen LogP contribution in [0.2, 0.25) is 10.0 Å². The number of nitrogens with zero attached hydrogens (tertiary/aromatic N) is 1. The molecule has 35 heteroatoms. The quantitative estimate of drug-likeness (QED) is 0.0803. The number of halogens is 2. The summed E-state index contributed by atoms with van der Waals surface area (Å²) in [4.78, 5) is 132. The van der Waals surface area contributed by atoms with E-state index in [4.69, 9.17) is 67.8 Å². The van der Waals surface area contributed by atoms with E-state index in [0.29, 0.717) is 0 Å². The van der Waals surface area contributed by atoms with Crippen LogP contribution in [0.5, 0.6) is 46.0 Å². The lowest BCUT2D eigenvalue weighted by molar-refractivity contribution is -0.333. The molecule has 12 rings (SSSR count). The van der Waals surface area contributed by atoms with Crippen LogP contribution in [0.1, 0.15) is 112 Å². The number of benzene rings is 5. The molecule has 17 atom stereocenters. The predicted molar refractivity (Wildman–Crippen MR) is 365 cm³/mol. The number of nitrogens with two attached hydrogens (primary N) is 2. The predicted octanol–water partition coefficient (Wildman–Crippen LogP) is 2.25. The monoisotopic (exact) mass is 1510 g/mol. The molecule has 33 nitrogen and oxygen atoms in total. The number of aromatic hydroxyl groups is 3. The minimum atomic E-state index is -2.19. The molecule has 0 spiro atoms. The minimum absolute atomic E-state index is 0. The number of fused-ring (bicyclic) bond motifs is 15. The van der Waals surface area contributed by atoms with Gasteiger partial charge in [0.25, 0.3) is 0 Å². The van der Waals surface area contributed by atoms with Crippen LogP contribution in [-0.2, 0) is 63.7 Å². The Morgan fingerprint density at radius 1 is 0.771 bits per heavy atom. The number of phenols is 3. The second-order valence-corrected chi connectivity index (χ2v) is 27.8. The Hall–Kier alpha value is -9.49. The molecule has 566 valence electrons. The molecule has 2 saturated heterocycles. The smallest absolute Gasteiger partial charge is 0.409 e. The van der Waals surface area contributed by atoms with Crippen LogP contribution in [0.15, 0.2) is 78.9 Å². The van der Waals surface area contributed by atoms with Crippen molar-refractivity contribution in [1.29, 1.82) is 0 Å². The maximum absolute atomic E-state index is 16.2. The lowest BCUT2D eigenvalue weighted by Gasteiger charge is -2.47. The van der Waals surface area contributed by atoms with Gasteiger partial charge in [0, 0.05) is 67.4 Å². The van der Waals surface area contributed by atoms with Crippen molar-refractivity contribution in [1.82, 2.24) is 26.2 Å². The van der Waals surface area contributed by atoms with Crippen LogP contribution in [-0.4, -0.2) is 203 Å². The van der Waals surface area contributed by atoms with E-state index in [1.807, 2.05) is 0 Å². The first kappa shape index (κ1) is 79.6. The standard InChI is InChI=1S/C70H79Cl2N7O25.H2O/c1-27(2)13-41(79(5)69(97)98-6)66(94)78-56-44(84)18-33(21-51(73)86)63(91)76-54-32-19-48(60(49(20-32)101-47-12-9-31(57(56)87)17-39(47)72)104-68-61(59(89)58(88)50(26-80)102-68)103-52-25-70(4,74)62(90)28(3)99-52)100-46-11-7-29(14-38(46)71)15-40-65(93)77-55(67(95)96)37-22-34(81)23-43(83)53(37)36-16-30(8-10-42(36)82)35(24-45(54)85)64(92)75-40;/h7-12,14,16-17,19-20,22-23,27-28,33,35,40-41,50,52,54-59,61-62,68,80-83,87-90H,13,15,18,21,24-26,74H2,1-6H3,(H2,73,86)(H,75,92)(H,76,91)(H,77,93)(H,78,94)(H,95,96);1H2/t28?,33-,35+,40-,41+,50?,52?,54+,55-,56-,57+,58?,59?,61?,62?,68?,70?;/m0./s1. The lowest BCUT2D eigenvalue weighted by Crippen LogP contribution is -2.64. The average Bonchev–Trinajstić information content (AvgIpc) is 0.771. The zero-order chi connectivity index (χ0) is 75.8. The number of hydrogen-bond acceptors (Lipinski definition) is 25. The van der Waals surface area contributed by atoms with Gasteiger partial charge in [0.2, 0.25) is 41.6 Å². The molecule has 11 bridgehead atoms. The Balaban J connectivity index is 0.0000128. The highest BCUT2D eigenvalue weighted by Crippen LogP contribution is 2.50. The van der Waals surface area contributed by atoms with Gasteiger partial charge in [-0.3, -0.25) is 38.5 Å². The van der Waals surface area contributed by atoms with Gasteiger partial charge in [-0.2, -0.15) is 0 Å². The second-order valence-electron chi connectivity index (χ2n) is 27.0. The third-order valence-electron chi connectivity index (χ3n) is 18.8. The zero-order valence-electron chi connectivity index (χ0n) is 57.2. The summed E-state index contributed by atoms with van der Waals surface area (Å²) in [6.07, 6.45) is -19.9. The Bertz CT molecular complexity index is 4200. The number of phenolic OH excluding ortho intramolecular Hbond substituents is 3. The average molecular weight is 1510 g/mol. The molecule has 5 aromatic rings. The molecule has 19 N–H and O–H groups in total.